The van der Waals surface area contributed by atoms with Gasteiger partial charge in [-0.2, -0.15) is 0 Å². The van der Waals surface area contributed by atoms with E-state index in [1.807, 2.05) is 60.7 Å². The monoisotopic (exact) mass is 430 g/mol. The predicted molar refractivity (Wildman–Crippen MR) is 125 cm³/mol. The first kappa shape index (κ1) is 25.1. The lowest BCUT2D eigenvalue weighted by Gasteiger charge is -2.13. The lowest BCUT2D eigenvalue weighted by molar-refractivity contribution is 0.106. The van der Waals surface area contributed by atoms with Crippen LogP contribution in [0.15, 0.2) is 60.7 Å². The number of unbranched alkanes of at least 4 members (excludes halogenated alkanes) is 3. The summed E-state index contributed by atoms with van der Waals surface area (Å²) in [6.45, 7) is 3.78. The van der Waals surface area contributed by atoms with Crippen LogP contribution in [0.5, 0.6) is 11.5 Å². The molecule has 0 amide bonds. The molecule has 0 saturated heterocycles. The van der Waals surface area contributed by atoms with E-state index in [-0.39, 0.29) is 6.10 Å². The molecule has 0 saturated carbocycles. The van der Waals surface area contributed by atoms with Crippen molar-refractivity contribution in [2.75, 3.05) is 39.4 Å². The first-order valence-corrected chi connectivity index (χ1v) is 11.4. The molecule has 0 fully saturated rings. The summed E-state index contributed by atoms with van der Waals surface area (Å²) in [4.78, 5) is 0. The number of hydrogen-bond donors (Lipinski definition) is 4. The molecule has 0 radical (unpaired) electrons. The van der Waals surface area contributed by atoms with Gasteiger partial charge >= 0.3 is 0 Å². The molecule has 172 valence electrons. The molecule has 31 heavy (non-hydrogen) atoms. The normalized spacial score (nSPS) is 13.0. The highest BCUT2D eigenvalue weighted by Crippen LogP contribution is 2.09. The van der Waals surface area contributed by atoms with Crippen LogP contribution in [0.2, 0.25) is 0 Å². The van der Waals surface area contributed by atoms with Gasteiger partial charge in [-0.1, -0.05) is 49.2 Å². The predicted octanol–water partition coefficient (Wildman–Crippen LogP) is 3.00. The molecule has 2 aromatic carbocycles. The van der Waals surface area contributed by atoms with E-state index < -0.39 is 6.10 Å². The molecule has 0 unspecified atom stereocenters. The van der Waals surface area contributed by atoms with Crippen molar-refractivity contribution in [1.82, 2.24) is 10.6 Å². The van der Waals surface area contributed by atoms with Gasteiger partial charge in [-0.05, 0) is 50.2 Å². The average Bonchev–Trinajstić information content (AvgIpc) is 2.80. The van der Waals surface area contributed by atoms with Crippen LogP contribution in [-0.4, -0.2) is 61.8 Å². The minimum absolute atomic E-state index is 0.299. The summed E-state index contributed by atoms with van der Waals surface area (Å²) in [5, 5.41) is 26.5. The van der Waals surface area contributed by atoms with Crippen LogP contribution in [0.1, 0.15) is 32.1 Å². The van der Waals surface area contributed by atoms with Crippen LogP contribution in [0.4, 0.5) is 0 Å². The third-order valence-electron chi connectivity index (χ3n) is 4.87. The maximum atomic E-state index is 9.99. The van der Waals surface area contributed by atoms with Crippen LogP contribution in [0.25, 0.3) is 0 Å². The second kappa shape index (κ2) is 16.6. The third-order valence-corrected chi connectivity index (χ3v) is 4.87. The number of aliphatic hydroxyl groups is 2. The molecule has 0 aliphatic rings. The molecular formula is C25H38N2O4. The van der Waals surface area contributed by atoms with E-state index in [0.717, 1.165) is 50.3 Å². The van der Waals surface area contributed by atoms with Gasteiger partial charge in [0.15, 0.2) is 0 Å². The van der Waals surface area contributed by atoms with Crippen LogP contribution in [0.3, 0.4) is 0 Å². The number of aliphatic hydroxyl groups excluding tert-OH is 2. The molecule has 0 aromatic heterocycles. The van der Waals surface area contributed by atoms with Gasteiger partial charge in [0.1, 0.15) is 24.2 Å². The Morgan fingerprint density at radius 2 is 1.16 bits per heavy atom. The maximum absolute atomic E-state index is 9.99. The van der Waals surface area contributed by atoms with Crippen LogP contribution in [-0.2, 0) is 0 Å². The highest BCUT2D eigenvalue weighted by Gasteiger charge is 2.05. The van der Waals surface area contributed by atoms with E-state index in [1.54, 1.807) is 0 Å². The van der Waals surface area contributed by atoms with Crippen molar-refractivity contribution in [1.29, 1.82) is 0 Å². The fraction of sp³-hybridized carbons (Fsp3) is 0.520. The quantitative estimate of drug-likeness (QED) is 0.272. The molecule has 2 aromatic rings. The highest BCUT2D eigenvalue weighted by atomic mass is 16.5. The first-order valence-electron chi connectivity index (χ1n) is 11.4. The number of benzene rings is 2. The van der Waals surface area contributed by atoms with Gasteiger partial charge in [0.25, 0.3) is 0 Å². The van der Waals surface area contributed by atoms with Crippen molar-refractivity contribution in [3.63, 3.8) is 0 Å². The summed E-state index contributed by atoms with van der Waals surface area (Å²) in [6.07, 6.45) is 4.22. The lowest BCUT2D eigenvalue weighted by Crippen LogP contribution is -2.32. The Morgan fingerprint density at radius 1 is 0.645 bits per heavy atom. The Hall–Kier alpha value is -2.12. The van der Waals surface area contributed by atoms with Gasteiger partial charge in [0.05, 0.1) is 12.7 Å². The standard InChI is InChI=1S/C25H38N2O4/c28-22(15-18-30-24-11-5-3-6-12-24)19-26-16-9-1-2-10-17-27-20-23(29)21-31-25-13-7-4-8-14-25/h3-8,11-14,22-23,26-29H,1-2,9-10,15-21H2/t22-,23+/m0/s1. The molecule has 2 atom stereocenters. The smallest absolute Gasteiger partial charge is 0.119 e. The number of nitrogens with one attached hydrogen (secondary N) is 2. The van der Waals surface area contributed by atoms with Crippen molar-refractivity contribution in [3.8, 4) is 11.5 Å². The minimum atomic E-state index is -0.506. The summed E-state index contributed by atoms with van der Waals surface area (Å²) >= 11 is 0. The highest BCUT2D eigenvalue weighted by molar-refractivity contribution is 5.21. The molecule has 0 aliphatic carbocycles. The van der Waals surface area contributed by atoms with Crippen molar-refractivity contribution in [2.45, 2.75) is 44.3 Å². The zero-order valence-corrected chi connectivity index (χ0v) is 18.4. The van der Waals surface area contributed by atoms with Gasteiger partial charge in [-0.25, -0.2) is 0 Å². The van der Waals surface area contributed by atoms with Crippen molar-refractivity contribution in [2.24, 2.45) is 0 Å². The second-order valence-electron chi connectivity index (χ2n) is 7.70. The SMILES string of the molecule is O[C@H](CNCCCCCCNC[C@@H](O)CCOc1ccccc1)COc1ccccc1. The number of ether oxygens (including phenoxy) is 2. The summed E-state index contributed by atoms with van der Waals surface area (Å²) in [6, 6.07) is 19.2. The van der Waals surface area contributed by atoms with Crippen molar-refractivity contribution in [3.05, 3.63) is 60.7 Å². The molecule has 0 spiro atoms. The van der Waals surface area contributed by atoms with E-state index in [4.69, 9.17) is 9.47 Å². The summed E-state index contributed by atoms with van der Waals surface area (Å²) in [5.74, 6) is 1.62. The van der Waals surface area contributed by atoms with Crippen LogP contribution in [0, 0.1) is 0 Å². The van der Waals surface area contributed by atoms with Crippen LogP contribution < -0.4 is 20.1 Å². The Labute approximate surface area is 186 Å². The van der Waals surface area contributed by atoms with E-state index in [1.165, 1.54) is 0 Å². The number of hydrogen-bond acceptors (Lipinski definition) is 6. The van der Waals surface area contributed by atoms with Crippen LogP contribution >= 0.6 is 0 Å². The van der Waals surface area contributed by atoms with Crippen molar-refractivity contribution < 1.29 is 19.7 Å². The maximum Gasteiger partial charge on any atom is 0.119 e. The Bertz CT molecular complexity index is 657. The third kappa shape index (κ3) is 13.0. The summed E-state index contributed by atoms with van der Waals surface area (Å²) in [5.41, 5.74) is 0. The minimum Gasteiger partial charge on any atom is -0.493 e. The zero-order chi connectivity index (χ0) is 22.0. The molecule has 0 heterocycles. The summed E-state index contributed by atoms with van der Waals surface area (Å²) < 4.78 is 11.1. The Balaban J connectivity index is 1.32. The number of para-hydroxylation sites is 2. The van der Waals surface area contributed by atoms with Gasteiger partial charge < -0.3 is 30.3 Å². The van der Waals surface area contributed by atoms with E-state index in [9.17, 15) is 10.2 Å². The molecule has 2 rings (SSSR count). The lowest BCUT2D eigenvalue weighted by atomic mass is 10.2. The molecular weight excluding hydrogens is 392 g/mol. The Kier molecular flexibility index (Phi) is 13.4. The van der Waals surface area contributed by atoms with Gasteiger partial charge in [-0.15, -0.1) is 0 Å². The van der Waals surface area contributed by atoms with E-state index in [2.05, 4.69) is 10.6 Å². The summed E-state index contributed by atoms with van der Waals surface area (Å²) in [7, 11) is 0. The molecule has 6 nitrogen and oxygen atoms in total. The molecule has 4 N–H and O–H groups in total. The topological polar surface area (TPSA) is 83.0 Å². The zero-order valence-electron chi connectivity index (χ0n) is 18.4. The molecule has 6 heteroatoms. The molecule has 0 aliphatic heterocycles. The van der Waals surface area contributed by atoms with Gasteiger partial charge in [0.2, 0.25) is 0 Å². The fourth-order valence-electron chi connectivity index (χ4n) is 3.09. The van der Waals surface area contributed by atoms with E-state index in [0.29, 0.717) is 32.7 Å². The largest absolute Gasteiger partial charge is 0.493 e. The second-order valence-corrected chi connectivity index (χ2v) is 7.70. The Morgan fingerprint density at radius 3 is 1.74 bits per heavy atom. The van der Waals surface area contributed by atoms with Crippen molar-refractivity contribution >= 4 is 0 Å². The fourth-order valence-corrected chi connectivity index (χ4v) is 3.09. The number of rotatable bonds is 18. The first-order chi connectivity index (χ1) is 15.2. The van der Waals surface area contributed by atoms with Gasteiger partial charge in [-0.3, -0.25) is 0 Å². The average molecular weight is 431 g/mol. The molecule has 0 bridgehead atoms. The van der Waals surface area contributed by atoms with Gasteiger partial charge in [0, 0.05) is 19.5 Å². The van der Waals surface area contributed by atoms with E-state index >= 15 is 0 Å².